The summed E-state index contributed by atoms with van der Waals surface area (Å²) in [5.41, 5.74) is 0. The van der Waals surface area contributed by atoms with Gasteiger partial charge in [0.1, 0.15) is 0 Å². The summed E-state index contributed by atoms with van der Waals surface area (Å²) in [5.74, 6) is 0.770. The van der Waals surface area contributed by atoms with E-state index in [1.807, 2.05) is 23.6 Å². The molecule has 1 aliphatic carbocycles. The van der Waals surface area contributed by atoms with Gasteiger partial charge >= 0.3 is 6.03 Å². The Morgan fingerprint density at radius 3 is 2.13 bits per heavy atom. The second kappa shape index (κ2) is 5.38. The summed E-state index contributed by atoms with van der Waals surface area (Å²) < 4.78 is 0. The largest absolute Gasteiger partial charge is 0.325 e. The zero-order valence-electron chi connectivity index (χ0n) is 10.5. The van der Waals surface area contributed by atoms with Crippen molar-refractivity contribution in [2.24, 2.45) is 5.92 Å². The Kier molecular flexibility index (Phi) is 4.43. The zero-order chi connectivity index (χ0) is 11.4. The van der Waals surface area contributed by atoms with Crippen LogP contribution in [0.3, 0.4) is 0 Å². The standard InChI is InChI=1S/C12H24N2O/c1-5-13(6-2)12(15)14(10(3)4)9-11-7-8-11/h10-11H,5-9H2,1-4H3. The normalized spacial score (nSPS) is 15.5. The molecule has 88 valence electrons. The van der Waals surface area contributed by atoms with Crippen LogP contribution in [0.4, 0.5) is 4.79 Å². The molecule has 0 aromatic rings. The van der Waals surface area contributed by atoms with Crippen LogP contribution in [0, 0.1) is 5.92 Å². The molecule has 0 unspecified atom stereocenters. The van der Waals surface area contributed by atoms with Gasteiger partial charge in [0.05, 0.1) is 0 Å². The van der Waals surface area contributed by atoms with E-state index in [1.54, 1.807) is 0 Å². The highest BCUT2D eigenvalue weighted by Crippen LogP contribution is 2.30. The van der Waals surface area contributed by atoms with Crippen molar-refractivity contribution in [3.8, 4) is 0 Å². The van der Waals surface area contributed by atoms with Crippen molar-refractivity contribution in [1.82, 2.24) is 9.80 Å². The highest BCUT2D eigenvalue weighted by molar-refractivity contribution is 5.74. The minimum atomic E-state index is 0.210. The van der Waals surface area contributed by atoms with E-state index in [-0.39, 0.29) is 6.03 Å². The lowest BCUT2D eigenvalue weighted by molar-refractivity contribution is 0.141. The van der Waals surface area contributed by atoms with Crippen LogP contribution >= 0.6 is 0 Å². The van der Waals surface area contributed by atoms with Crippen LogP contribution in [0.2, 0.25) is 0 Å². The summed E-state index contributed by atoms with van der Waals surface area (Å²) in [7, 11) is 0. The number of hydrogen-bond acceptors (Lipinski definition) is 1. The summed E-state index contributed by atoms with van der Waals surface area (Å²) in [4.78, 5) is 16.1. The molecule has 3 heteroatoms. The Morgan fingerprint density at radius 2 is 1.80 bits per heavy atom. The van der Waals surface area contributed by atoms with E-state index < -0.39 is 0 Å². The molecule has 0 aromatic carbocycles. The molecule has 3 nitrogen and oxygen atoms in total. The maximum absolute atomic E-state index is 12.2. The number of carbonyl (C=O) groups is 1. The summed E-state index contributed by atoms with van der Waals surface area (Å²) in [6.07, 6.45) is 2.60. The average Bonchev–Trinajstić information content (AvgIpc) is 2.99. The van der Waals surface area contributed by atoms with Gasteiger partial charge in [-0.25, -0.2) is 4.79 Å². The number of nitrogens with zero attached hydrogens (tertiary/aromatic N) is 2. The molecule has 0 aromatic heterocycles. The number of rotatable bonds is 5. The van der Waals surface area contributed by atoms with E-state index in [2.05, 4.69) is 13.8 Å². The third-order valence-electron chi connectivity index (χ3n) is 3.05. The first-order valence-corrected chi connectivity index (χ1v) is 6.15. The molecule has 0 atom stereocenters. The van der Waals surface area contributed by atoms with Gasteiger partial charge in [-0.05, 0) is 46.5 Å². The van der Waals surface area contributed by atoms with Crippen LogP contribution in [0.5, 0.6) is 0 Å². The summed E-state index contributed by atoms with van der Waals surface area (Å²) >= 11 is 0. The second-order valence-corrected chi connectivity index (χ2v) is 4.64. The summed E-state index contributed by atoms with van der Waals surface area (Å²) in [6, 6.07) is 0.528. The van der Waals surface area contributed by atoms with E-state index in [4.69, 9.17) is 0 Å². The minimum Gasteiger partial charge on any atom is -0.325 e. The predicted molar refractivity (Wildman–Crippen MR) is 62.9 cm³/mol. The fourth-order valence-corrected chi connectivity index (χ4v) is 1.76. The second-order valence-electron chi connectivity index (χ2n) is 4.64. The number of carbonyl (C=O) groups excluding carboxylic acids is 1. The van der Waals surface area contributed by atoms with Crippen molar-refractivity contribution >= 4 is 6.03 Å². The fourth-order valence-electron chi connectivity index (χ4n) is 1.76. The number of hydrogen-bond donors (Lipinski definition) is 0. The molecule has 0 radical (unpaired) electrons. The van der Waals surface area contributed by atoms with E-state index in [9.17, 15) is 4.79 Å². The Balaban J connectivity index is 2.56. The third-order valence-corrected chi connectivity index (χ3v) is 3.05. The molecule has 15 heavy (non-hydrogen) atoms. The molecular formula is C12H24N2O. The van der Waals surface area contributed by atoms with Crippen LogP contribution < -0.4 is 0 Å². The zero-order valence-corrected chi connectivity index (χ0v) is 10.5. The van der Waals surface area contributed by atoms with Gasteiger partial charge < -0.3 is 9.80 Å². The maximum atomic E-state index is 12.2. The van der Waals surface area contributed by atoms with Gasteiger partial charge in [-0.1, -0.05) is 0 Å². The van der Waals surface area contributed by atoms with Crippen LogP contribution in [0.15, 0.2) is 0 Å². The van der Waals surface area contributed by atoms with Crippen molar-refractivity contribution in [1.29, 1.82) is 0 Å². The van der Waals surface area contributed by atoms with Gasteiger partial charge in [-0.2, -0.15) is 0 Å². The lowest BCUT2D eigenvalue weighted by atomic mass is 10.3. The topological polar surface area (TPSA) is 23.6 Å². The monoisotopic (exact) mass is 212 g/mol. The van der Waals surface area contributed by atoms with E-state index in [1.165, 1.54) is 12.8 Å². The van der Waals surface area contributed by atoms with E-state index in [0.29, 0.717) is 6.04 Å². The Morgan fingerprint density at radius 1 is 1.27 bits per heavy atom. The van der Waals surface area contributed by atoms with Crippen molar-refractivity contribution < 1.29 is 4.79 Å². The highest BCUT2D eigenvalue weighted by Gasteiger charge is 2.29. The quantitative estimate of drug-likeness (QED) is 0.687. The molecule has 0 N–H and O–H groups in total. The molecule has 1 saturated carbocycles. The van der Waals surface area contributed by atoms with Gasteiger partial charge in [-0.3, -0.25) is 0 Å². The lowest BCUT2D eigenvalue weighted by Gasteiger charge is -2.32. The van der Waals surface area contributed by atoms with E-state index in [0.717, 1.165) is 25.6 Å². The third kappa shape index (κ3) is 3.40. The molecule has 1 aliphatic rings. The van der Waals surface area contributed by atoms with Gasteiger partial charge in [0.15, 0.2) is 0 Å². The number of urea groups is 1. The van der Waals surface area contributed by atoms with Gasteiger partial charge in [-0.15, -0.1) is 0 Å². The first-order valence-electron chi connectivity index (χ1n) is 6.15. The highest BCUT2D eigenvalue weighted by atomic mass is 16.2. The Bertz CT molecular complexity index is 208. The van der Waals surface area contributed by atoms with Crippen LogP contribution in [-0.2, 0) is 0 Å². The van der Waals surface area contributed by atoms with Crippen LogP contribution in [0.25, 0.3) is 0 Å². The molecule has 0 bridgehead atoms. The van der Waals surface area contributed by atoms with Crippen molar-refractivity contribution in [2.75, 3.05) is 19.6 Å². The summed E-state index contributed by atoms with van der Waals surface area (Å²) in [6.45, 7) is 10.8. The smallest absolute Gasteiger partial charge is 0.320 e. The van der Waals surface area contributed by atoms with Crippen LogP contribution in [0.1, 0.15) is 40.5 Å². The van der Waals surface area contributed by atoms with Crippen molar-refractivity contribution in [2.45, 2.75) is 46.6 Å². The molecule has 1 fully saturated rings. The van der Waals surface area contributed by atoms with Gasteiger partial charge in [0, 0.05) is 25.7 Å². The first-order chi connectivity index (χ1) is 7.10. The molecule has 2 amide bonds. The lowest BCUT2D eigenvalue weighted by Crippen LogP contribution is -2.47. The Labute approximate surface area is 93.4 Å². The maximum Gasteiger partial charge on any atom is 0.320 e. The molecule has 0 saturated heterocycles. The van der Waals surface area contributed by atoms with Crippen molar-refractivity contribution in [3.05, 3.63) is 0 Å². The van der Waals surface area contributed by atoms with Gasteiger partial charge in [0.25, 0.3) is 0 Å². The fraction of sp³-hybridized carbons (Fsp3) is 0.917. The minimum absolute atomic E-state index is 0.210. The average molecular weight is 212 g/mol. The molecular weight excluding hydrogens is 188 g/mol. The molecule has 0 spiro atoms. The predicted octanol–water partition coefficient (Wildman–Crippen LogP) is 2.57. The van der Waals surface area contributed by atoms with E-state index >= 15 is 0 Å². The Hall–Kier alpha value is -0.730. The first kappa shape index (κ1) is 12.3. The molecule has 0 heterocycles. The summed E-state index contributed by atoms with van der Waals surface area (Å²) in [5, 5.41) is 0. The molecule has 0 aliphatic heterocycles. The van der Waals surface area contributed by atoms with Crippen molar-refractivity contribution in [3.63, 3.8) is 0 Å². The van der Waals surface area contributed by atoms with Gasteiger partial charge in [0.2, 0.25) is 0 Å². The molecule has 1 rings (SSSR count). The number of amides is 2. The SMILES string of the molecule is CCN(CC)C(=O)N(CC1CC1)C(C)C. The van der Waals surface area contributed by atoms with Crippen LogP contribution in [-0.4, -0.2) is 41.5 Å².